The Morgan fingerprint density at radius 2 is 1.86 bits per heavy atom. The topological polar surface area (TPSA) is 332 Å². The van der Waals surface area contributed by atoms with Gasteiger partial charge in [0.05, 0.1) is 0 Å². The minimum absolute atomic E-state index is 0.0530. The fourth-order valence-corrected chi connectivity index (χ4v) is 8.21. The fourth-order valence-electron chi connectivity index (χ4n) is 5.13. The van der Waals surface area contributed by atoms with Crippen LogP contribution >= 0.6 is 34.9 Å². The lowest BCUT2D eigenvalue weighted by molar-refractivity contribution is -0.150. The molecule has 10 N–H and O–H groups in total. The van der Waals surface area contributed by atoms with Crippen molar-refractivity contribution < 1.29 is 48.9 Å². The predicted molar refractivity (Wildman–Crippen MR) is 198 cm³/mol. The van der Waals surface area contributed by atoms with E-state index in [1.54, 1.807) is 13.0 Å². The Bertz CT molecular complexity index is 2390. The van der Waals surface area contributed by atoms with E-state index in [1.807, 2.05) is 0 Å². The number of rotatable bonds is 12. The highest BCUT2D eigenvalue weighted by molar-refractivity contribution is 8.01. The molecule has 2 aliphatic rings. The summed E-state index contributed by atoms with van der Waals surface area (Å²) in [6.07, 6.45) is 0. The number of aryl methyl sites for hydroxylation is 1. The number of hydrogen-bond acceptors (Lipinski definition) is 18. The summed E-state index contributed by atoms with van der Waals surface area (Å²) in [6.45, 7) is 4.26. The van der Waals surface area contributed by atoms with Gasteiger partial charge in [0.2, 0.25) is 11.4 Å². The number of fused-ring (bicyclic) bond motifs is 2. The summed E-state index contributed by atoms with van der Waals surface area (Å²) >= 11 is 3.38. The molecule has 0 unspecified atom stereocenters. The number of hydrazine groups is 1. The van der Waals surface area contributed by atoms with Crippen LogP contribution in [0.25, 0.3) is 5.78 Å². The van der Waals surface area contributed by atoms with Crippen LogP contribution in [0.15, 0.2) is 51.1 Å². The number of primary amides is 1. The third kappa shape index (κ3) is 7.85. The van der Waals surface area contributed by atoms with Crippen LogP contribution in [0.5, 0.6) is 11.5 Å². The lowest BCUT2D eigenvalue weighted by atomic mass is 10.0. The monoisotopic (exact) mass is 826 g/mol. The zero-order valence-electron chi connectivity index (χ0n) is 29.2. The number of carbonyl (C=O) groups is 6. The number of benzene rings is 1. The van der Waals surface area contributed by atoms with Crippen molar-refractivity contribution in [2.75, 3.05) is 17.2 Å². The van der Waals surface area contributed by atoms with Crippen LogP contribution in [-0.2, 0) is 24.0 Å². The number of carboxylic acid groups (broad SMARTS) is 1. The molecule has 292 valence electrons. The van der Waals surface area contributed by atoms with Crippen LogP contribution in [0.4, 0.5) is 5.13 Å². The van der Waals surface area contributed by atoms with Gasteiger partial charge in [0.25, 0.3) is 35.3 Å². The Labute approximate surface area is 326 Å². The van der Waals surface area contributed by atoms with Crippen LogP contribution in [0.2, 0.25) is 0 Å². The first-order chi connectivity index (χ1) is 26.4. The van der Waals surface area contributed by atoms with Crippen molar-refractivity contribution >= 4 is 87.0 Å². The van der Waals surface area contributed by atoms with Crippen molar-refractivity contribution in [2.24, 2.45) is 10.9 Å². The van der Waals surface area contributed by atoms with Crippen molar-refractivity contribution in [3.8, 4) is 11.5 Å². The average Bonchev–Trinajstić information content (AvgIpc) is 3.78. The van der Waals surface area contributed by atoms with Gasteiger partial charge in [-0.25, -0.2) is 14.8 Å². The number of oxime groups is 1. The third-order valence-electron chi connectivity index (χ3n) is 7.98. The molecular weight excluding hydrogens is 797 g/mol. The number of carbonyl (C=O) groups excluding carboxylic acids is 5. The summed E-state index contributed by atoms with van der Waals surface area (Å²) in [7, 11) is 0. The van der Waals surface area contributed by atoms with E-state index in [0.29, 0.717) is 16.3 Å². The first kappa shape index (κ1) is 39.2. The molecule has 5 heterocycles. The molecule has 2 aliphatic heterocycles. The van der Waals surface area contributed by atoms with E-state index in [-0.39, 0.29) is 45.2 Å². The summed E-state index contributed by atoms with van der Waals surface area (Å²) in [5, 5.41) is 41.0. The minimum atomic E-state index is -1.83. The number of phenols is 2. The Balaban J connectivity index is 1.14. The first-order valence-corrected chi connectivity index (χ1v) is 18.8. The molecule has 3 aromatic heterocycles. The van der Waals surface area contributed by atoms with Gasteiger partial charge in [-0.3, -0.25) is 39.7 Å². The average molecular weight is 827 g/mol. The number of anilines is 1. The molecule has 0 saturated carbocycles. The van der Waals surface area contributed by atoms with E-state index in [4.69, 9.17) is 16.3 Å². The highest BCUT2D eigenvalue weighted by Crippen LogP contribution is 2.41. The smallest absolute Gasteiger partial charge is 0.352 e. The number of aliphatic carboxylic acids is 1. The highest BCUT2D eigenvalue weighted by Gasteiger charge is 2.54. The molecule has 56 heavy (non-hydrogen) atoms. The summed E-state index contributed by atoms with van der Waals surface area (Å²) in [6, 6.07) is 3.75. The van der Waals surface area contributed by atoms with Gasteiger partial charge in [-0.15, -0.1) is 40.0 Å². The van der Waals surface area contributed by atoms with E-state index < -0.39 is 69.7 Å². The molecule has 1 aromatic carbocycles. The fraction of sp³-hybridized carbons (Fsp3) is 0.258. The van der Waals surface area contributed by atoms with Crippen molar-refractivity contribution in [1.82, 2.24) is 45.6 Å². The number of thioether (sulfide) groups is 2. The number of nitrogen functional groups attached to an aromatic ring is 1. The maximum Gasteiger partial charge on any atom is 0.352 e. The van der Waals surface area contributed by atoms with Gasteiger partial charge in [-0.2, -0.15) is 9.50 Å². The largest absolute Gasteiger partial charge is 0.504 e. The van der Waals surface area contributed by atoms with Gasteiger partial charge in [-0.1, -0.05) is 5.16 Å². The molecule has 22 nitrogen and oxygen atoms in total. The predicted octanol–water partition coefficient (Wildman–Crippen LogP) is -0.527. The number of nitrogens with one attached hydrogen (secondary N) is 3. The molecular formula is C31H30N12O10S3. The third-order valence-corrected chi connectivity index (χ3v) is 11.1. The Morgan fingerprint density at radius 3 is 2.52 bits per heavy atom. The molecule has 0 radical (unpaired) electrons. The molecule has 0 bridgehead atoms. The molecule has 5 amide bonds. The highest BCUT2D eigenvalue weighted by atomic mass is 32.2. The molecule has 1 fully saturated rings. The van der Waals surface area contributed by atoms with Crippen LogP contribution < -0.4 is 27.6 Å². The van der Waals surface area contributed by atoms with Gasteiger partial charge in [0.15, 0.2) is 22.3 Å². The molecule has 1 saturated heterocycles. The SMILES string of the molecule is Cc1cc(SCC2=C(C(=O)O)N3C(=O)[C@@H](NC(=O)C(=NOC(C)(C)C(=O)NNC(=O)c4ccc(O)c(O)c4)c4csc(N)n4)[C@H]3SC2)n2nc(C(N)=O)nc2n1. The lowest BCUT2D eigenvalue weighted by Crippen LogP contribution is -2.71. The summed E-state index contributed by atoms with van der Waals surface area (Å²) < 4.78 is 1.31. The van der Waals surface area contributed by atoms with Crippen LogP contribution in [0, 0.1) is 6.92 Å². The Hall–Kier alpha value is -6.47. The number of hydrogen-bond donors (Lipinski definition) is 8. The second-order valence-corrected chi connectivity index (χ2v) is 15.4. The lowest BCUT2D eigenvalue weighted by Gasteiger charge is -2.49. The number of thiazole rings is 1. The standard InChI is InChI=1S/C31H30N12O10S3/c1-11-6-17(43-30(34-11)37-22(40-43)21(32)46)54-8-13-9-55-26-19(25(49)42(26)20(13)27(50)51)36-24(48)18(14-10-56-29(33)35-14)41-53-31(2,3)28(52)39-38-23(47)12-4-5-15(44)16(45)7-12/h4-7,10,19,26,44-45H,8-9H2,1-3H3,(H2,32,46)(H2,33,35)(H,36,48)(H,38,47)(H,39,52)(H,50,51)/t19-,26-/m1/s1. The zero-order valence-corrected chi connectivity index (χ0v) is 31.6. The quantitative estimate of drug-likeness (QED) is 0.0222. The van der Waals surface area contributed by atoms with Crippen molar-refractivity contribution in [1.29, 1.82) is 0 Å². The van der Waals surface area contributed by atoms with Crippen LogP contribution in [0.1, 0.15) is 46.2 Å². The number of carboxylic acids is 1. The van der Waals surface area contributed by atoms with E-state index >= 15 is 0 Å². The Kier molecular flexibility index (Phi) is 10.7. The Morgan fingerprint density at radius 1 is 1.11 bits per heavy atom. The number of phenolic OH excluding ortho intramolecular Hbond substituents is 2. The summed E-state index contributed by atoms with van der Waals surface area (Å²) in [5.74, 6) is -6.46. The van der Waals surface area contributed by atoms with Crippen molar-refractivity contribution in [3.63, 3.8) is 0 Å². The van der Waals surface area contributed by atoms with E-state index in [9.17, 15) is 44.1 Å². The van der Waals surface area contributed by atoms with Gasteiger partial charge >= 0.3 is 5.97 Å². The van der Waals surface area contributed by atoms with Gasteiger partial charge in [-0.05, 0) is 50.6 Å². The van der Waals surface area contributed by atoms with E-state index in [1.165, 1.54) is 53.3 Å². The normalized spacial score (nSPS) is 16.9. The van der Waals surface area contributed by atoms with E-state index in [2.05, 4.69) is 41.4 Å². The minimum Gasteiger partial charge on any atom is -0.504 e. The summed E-state index contributed by atoms with van der Waals surface area (Å²) in [5.41, 5.74) is 13.7. The number of aromatic hydroxyl groups is 2. The maximum absolute atomic E-state index is 13.7. The molecule has 0 aliphatic carbocycles. The molecule has 0 spiro atoms. The first-order valence-electron chi connectivity index (χ1n) is 15.9. The number of nitrogens with zero attached hydrogens (tertiary/aromatic N) is 7. The molecule has 25 heteroatoms. The van der Waals surface area contributed by atoms with Crippen LogP contribution in [-0.4, -0.2) is 115 Å². The molecule has 4 aromatic rings. The number of amides is 5. The second kappa shape index (κ2) is 15.3. The van der Waals surface area contributed by atoms with Crippen LogP contribution in [0.3, 0.4) is 0 Å². The number of β-lactam (4-membered cyclic amide) rings is 1. The number of nitrogens with two attached hydrogens (primary N) is 2. The number of aromatic nitrogens is 5. The van der Waals surface area contributed by atoms with E-state index in [0.717, 1.165) is 28.4 Å². The molecule has 2 atom stereocenters. The summed E-state index contributed by atoms with van der Waals surface area (Å²) in [4.78, 5) is 95.5. The van der Waals surface area contributed by atoms with Crippen molar-refractivity contribution in [3.05, 3.63) is 63.7 Å². The van der Waals surface area contributed by atoms with Crippen molar-refractivity contribution in [2.45, 2.75) is 42.8 Å². The second-order valence-electron chi connectivity index (χ2n) is 12.4. The van der Waals surface area contributed by atoms with Gasteiger partial charge in [0, 0.05) is 28.1 Å². The van der Waals surface area contributed by atoms with Gasteiger partial charge < -0.3 is 36.9 Å². The molecule has 6 rings (SSSR count). The maximum atomic E-state index is 13.7. The van der Waals surface area contributed by atoms with Gasteiger partial charge in [0.1, 0.15) is 27.8 Å². The zero-order chi connectivity index (χ0) is 40.6.